The van der Waals surface area contributed by atoms with Gasteiger partial charge in [-0.15, -0.1) is 0 Å². The summed E-state index contributed by atoms with van der Waals surface area (Å²) in [6, 6.07) is 1.37. The number of hydrogen-bond acceptors (Lipinski definition) is 7. The van der Waals surface area contributed by atoms with Crippen LogP contribution < -0.4 is 11.4 Å². The third-order valence-corrected chi connectivity index (χ3v) is 2.64. The average molecular weight is 311 g/mol. The van der Waals surface area contributed by atoms with E-state index in [1.807, 2.05) is 0 Å². The highest BCUT2D eigenvalue weighted by Gasteiger charge is 2.43. The average Bonchev–Trinajstić information content (AvgIpc) is 2.57. The van der Waals surface area contributed by atoms with Gasteiger partial charge >= 0.3 is 5.69 Å². The summed E-state index contributed by atoms with van der Waals surface area (Å²) in [5.74, 6) is 0.0537. The van der Waals surface area contributed by atoms with Gasteiger partial charge in [-0.25, -0.2) is 4.79 Å². The van der Waals surface area contributed by atoms with Crippen molar-refractivity contribution >= 4 is 32.8 Å². The molecule has 1 aromatic heterocycles. The summed E-state index contributed by atoms with van der Waals surface area (Å²) in [7, 11) is 0. The third kappa shape index (κ3) is 3.41. The lowest BCUT2D eigenvalue weighted by atomic mass is 10.1. The molecule has 4 atom stereocenters. The van der Waals surface area contributed by atoms with E-state index in [1.165, 1.54) is 12.3 Å². The Balaban J connectivity index is 0.00000162. The number of anilines is 1. The second-order valence-electron chi connectivity index (χ2n) is 3.77. The predicted molar refractivity (Wildman–Crippen MR) is 76.7 cm³/mol. The lowest BCUT2D eigenvalue weighted by Crippen LogP contribution is -2.36. The predicted octanol–water partition coefficient (Wildman–Crippen LogP) is -2.34. The highest BCUT2D eigenvalue weighted by Crippen LogP contribution is 2.27. The molecule has 0 spiro atoms. The standard InChI is InChI=1S/C9H13N3O5.2H2S/c10-5-1-2-12(9(16)11-5)8-7(15)6(14)4(3-13)17-8;;/h1-2,4,6-8,13-15H,3H2,(H2,10,11,16);2*1H2/t4-,6-,7?,8?;;/m1../s1. The molecule has 2 heterocycles. The van der Waals surface area contributed by atoms with Gasteiger partial charge in [-0.2, -0.15) is 32.0 Å². The van der Waals surface area contributed by atoms with Crippen LogP contribution in [0.2, 0.25) is 0 Å². The monoisotopic (exact) mass is 311 g/mol. The van der Waals surface area contributed by atoms with Gasteiger partial charge < -0.3 is 25.8 Å². The van der Waals surface area contributed by atoms with Crippen LogP contribution in [0.15, 0.2) is 17.1 Å². The molecule has 8 nitrogen and oxygen atoms in total. The topological polar surface area (TPSA) is 131 Å². The maximum atomic E-state index is 11.5. The quantitative estimate of drug-likeness (QED) is 0.481. The molecule has 1 saturated heterocycles. The molecule has 2 rings (SSSR count). The van der Waals surface area contributed by atoms with Crippen molar-refractivity contribution in [1.82, 2.24) is 9.55 Å². The number of nitrogens with zero attached hydrogens (tertiary/aromatic N) is 2. The fourth-order valence-electron chi connectivity index (χ4n) is 1.73. The molecule has 0 radical (unpaired) electrons. The number of aromatic nitrogens is 2. The zero-order valence-corrected chi connectivity index (χ0v) is 11.8. The number of hydrogen-bond donors (Lipinski definition) is 4. The van der Waals surface area contributed by atoms with E-state index in [0.29, 0.717) is 0 Å². The summed E-state index contributed by atoms with van der Waals surface area (Å²) >= 11 is 0. The molecule has 2 unspecified atom stereocenters. The van der Waals surface area contributed by atoms with E-state index < -0.39 is 36.8 Å². The van der Waals surface area contributed by atoms with E-state index in [0.717, 1.165) is 4.57 Å². The summed E-state index contributed by atoms with van der Waals surface area (Å²) in [6.07, 6.45) is -3.27. The molecule has 0 saturated carbocycles. The van der Waals surface area contributed by atoms with Gasteiger partial charge in [0.1, 0.15) is 24.1 Å². The second kappa shape index (κ2) is 7.12. The van der Waals surface area contributed by atoms with Crippen LogP contribution in [0.1, 0.15) is 6.23 Å². The molecule has 1 aliphatic heterocycles. The first kappa shape index (κ1) is 18.2. The lowest BCUT2D eigenvalue weighted by molar-refractivity contribution is -0.0549. The van der Waals surface area contributed by atoms with Crippen molar-refractivity contribution in [3.63, 3.8) is 0 Å². The highest BCUT2D eigenvalue weighted by molar-refractivity contribution is 7.59. The fourth-order valence-corrected chi connectivity index (χ4v) is 1.73. The van der Waals surface area contributed by atoms with Crippen LogP contribution in [0.5, 0.6) is 0 Å². The van der Waals surface area contributed by atoms with Crippen LogP contribution in [0.3, 0.4) is 0 Å². The summed E-state index contributed by atoms with van der Waals surface area (Å²) in [6.45, 7) is -0.453. The molecule has 5 N–H and O–H groups in total. The summed E-state index contributed by atoms with van der Waals surface area (Å²) in [5.41, 5.74) is 4.63. The minimum Gasteiger partial charge on any atom is -0.394 e. The maximum absolute atomic E-state index is 11.5. The first-order valence-corrected chi connectivity index (χ1v) is 5.01. The maximum Gasteiger partial charge on any atom is 0.351 e. The van der Waals surface area contributed by atoms with Crippen LogP contribution in [0, 0.1) is 0 Å². The van der Waals surface area contributed by atoms with E-state index in [9.17, 15) is 15.0 Å². The van der Waals surface area contributed by atoms with Gasteiger partial charge in [-0.05, 0) is 6.07 Å². The molecule has 19 heavy (non-hydrogen) atoms. The van der Waals surface area contributed by atoms with Crippen LogP contribution in [0.4, 0.5) is 5.82 Å². The van der Waals surface area contributed by atoms with Crippen molar-refractivity contribution in [2.24, 2.45) is 0 Å². The molecule has 1 aromatic rings. The Morgan fingerprint density at radius 3 is 2.47 bits per heavy atom. The van der Waals surface area contributed by atoms with Crippen molar-refractivity contribution < 1.29 is 20.1 Å². The number of ether oxygens (including phenoxy) is 1. The Bertz CT molecular complexity index is 471. The Kier molecular flexibility index (Phi) is 6.83. The smallest absolute Gasteiger partial charge is 0.351 e. The van der Waals surface area contributed by atoms with E-state index in [2.05, 4.69) is 4.98 Å². The molecule has 0 aliphatic carbocycles. The van der Waals surface area contributed by atoms with E-state index in [-0.39, 0.29) is 32.8 Å². The fraction of sp³-hybridized carbons (Fsp3) is 0.556. The van der Waals surface area contributed by atoms with Gasteiger partial charge in [0, 0.05) is 6.20 Å². The van der Waals surface area contributed by atoms with Gasteiger partial charge in [0.2, 0.25) is 0 Å². The zero-order valence-electron chi connectivity index (χ0n) is 9.80. The van der Waals surface area contributed by atoms with E-state index in [1.54, 1.807) is 0 Å². The normalized spacial score (nSPS) is 29.4. The minimum atomic E-state index is -1.31. The van der Waals surface area contributed by atoms with Gasteiger partial charge in [-0.3, -0.25) is 4.57 Å². The zero-order chi connectivity index (χ0) is 12.6. The molecule has 0 bridgehead atoms. The second-order valence-corrected chi connectivity index (χ2v) is 3.77. The Morgan fingerprint density at radius 2 is 2.00 bits per heavy atom. The van der Waals surface area contributed by atoms with E-state index >= 15 is 0 Å². The van der Waals surface area contributed by atoms with Crippen molar-refractivity contribution in [2.45, 2.75) is 24.5 Å². The lowest BCUT2D eigenvalue weighted by Gasteiger charge is -2.16. The Labute approximate surface area is 122 Å². The SMILES string of the molecule is Nc1ccn(C2O[C@H](CO)[C@@H](O)C2O)c(=O)n1.S.S. The molecule has 0 amide bonds. The van der Waals surface area contributed by atoms with Crippen molar-refractivity contribution in [3.05, 3.63) is 22.7 Å². The van der Waals surface area contributed by atoms with Crippen LogP contribution >= 0.6 is 27.0 Å². The first-order valence-electron chi connectivity index (χ1n) is 5.01. The molecule has 10 heteroatoms. The number of nitrogens with two attached hydrogens (primary N) is 1. The van der Waals surface area contributed by atoms with Crippen molar-refractivity contribution in [1.29, 1.82) is 0 Å². The van der Waals surface area contributed by atoms with Crippen LogP contribution in [-0.4, -0.2) is 49.8 Å². The van der Waals surface area contributed by atoms with Crippen molar-refractivity contribution in [3.8, 4) is 0 Å². The van der Waals surface area contributed by atoms with Crippen LogP contribution in [0.25, 0.3) is 0 Å². The molecule has 1 fully saturated rings. The number of aliphatic hydroxyl groups excluding tert-OH is 3. The van der Waals surface area contributed by atoms with E-state index in [4.69, 9.17) is 15.6 Å². The highest BCUT2D eigenvalue weighted by atomic mass is 32.1. The summed E-state index contributed by atoms with van der Waals surface area (Å²) in [4.78, 5) is 15.0. The Hall–Kier alpha value is -0.780. The van der Waals surface area contributed by atoms with Crippen molar-refractivity contribution in [2.75, 3.05) is 12.3 Å². The van der Waals surface area contributed by atoms with Gasteiger partial charge in [-0.1, -0.05) is 0 Å². The number of rotatable bonds is 2. The largest absolute Gasteiger partial charge is 0.394 e. The van der Waals surface area contributed by atoms with Gasteiger partial charge in [0.25, 0.3) is 0 Å². The van der Waals surface area contributed by atoms with Crippen LogP contribution in [-0.2, 0) is 4.74 Å². The molecular weight excluding hydrogens is 294 g/mol. The number of aliphatic hydroxyl groups is 3. The molecule has 0 aromatic carbocycles. The molecule has 110 valence electrons. The Morgan fingerprint density at radius 1 is 1.37 bits per heavy atom. The molecule has 1 aliphatic rings. The molecular formula is C9H17N3O5S2. The summed E-state index contributed by atoms with van der Waals surface area (Å²) < 4.78 is 6.19. The summed E-state index contributed by atoms with van der Waals surface area (Å²) in [5, 5.41) is 28.2. The van der Waals surface area contributed by atoms with Gasteiger partial charge in [0.15, 0.2) is 6.23 Å². The minimum absolute atomic E-state index is 0. The number of nitrogen functional groups attached to an aromatic ring is 1. The third-order valence-electron chi connectivity index (χ3n) is 2.64. The first-order chi connectivity index (χ1) is 8.04. The van der Waals surface area contributed by atoms with Gasteiger partial charge in [0.05, 0.1) is 6.61 Å².